The molecule has 11 heavy (non-hydrogen) atoms. The Kier molecular flexibility index (Phi) is 2.94. The van der Waals surface area contributed by atoms with E-state index in [0.29, 0.717) is 5.41 Å². The van der Waals surface area contributed by atoms with E-state index in [1.807, 2.05) is 0 Å². The van der Waals surface area contributed by atoms with Gasteiger partial charge in [-0.25, -0.2) is 0 Å². The Morgan fingerprint density at radius 2 is 2.00 bits per heavy atom. The average molecular weight is 155 g/mol. The van der Waals surface area contributed by atoms with Gasteiger partial charge in [0.2, 0.25) is 0 Å². The molecule has 0 amide bonds. The second kappa shape index (κ2) is 3.57. The van der Waals surface area contributed by atoms with Gasteiger partial charge in [-0.2, -0.15) is 0 Å². The van der Waals surface area contributed by atoms with E-state index in [2.05, 4.69) is 26.1 Å². The fraction of sp³-hybridized carbons (Fsp3) is 1.00. The van der Waals surface area contributed by atoms with E-state index in [1.54, 1.807) is 0 Å². The van der Waals surface area contributed by atoms with Crippen molar-refractivity contribution < 1.29 is 0 Å². The molecule has 0 unspecified atom stereocenters. The maximum Gasteiger partial charge on any atom is 0.00389 e. The van der Waals surface area contributed by atoms with Crippen LogP contribution in [0.2, 0.25) is 0 Å². The lowest BCUT2D eigenvalue weighted by atomic mass is 9.81. The molecule has 0 saturated carbocycles. The van der Waals surface area contributed by atoms with Crippen molar-refractivity contribution in [2.75, 3.05) is 6.54 Å². The quantitative estimate of drug-likeness (QED) is 0.567. The van der Waals surface area contributed by atoms with Crippen molar-refractivity contribution in [1.29, 1.82) is 0 Å². The lowest BCUT2D eigenvalue weighted by Crippen LogP contribution is -2.32. The largest absolute Gasteiger partial charge is 0.314 e. The molecule has 1 rings (SSSR count). The SMILES string of the molecule is C[C@H]1CCC(C)(C)CCCN1. The average Bonchev–Trinajstić information content (AvgIpc) is 1.92. The first kappa shape index (κ1) is 9.05. The summed E-state index contributed by atoms with van der Waals surface area (Å²) in [5.74, 6) is 0. The molecule has 0 aromatic rings. The van der Waals surface area contributed by atoms with Crippen LogP contribution in [-0.4, -0.2) is 12.6 Å². The zero-order valence-electron chi connectivity index (χ0n) is 8.11. The Morgan fingerprint density at radius 1 is 1.27 bits per heavy atom. The van der Waals surface area contributed by atoms with Crippen LogP contribution in [0.15, 0.2) is 0 Å². The molecule has 0 aromatic heterocycles. The van der Waals surface area contributed by atoms with E-state index in [-0.39, 0.29) is 0 Å². The van der Waals surface area contributed by atoms with Gasteiger partial charge in [0.05, 0.1) is 0 Å². The third-order valence-corrected chi connectivity index (χ3v) is 2.78. The van der Waals surface area contributed by atoms with E-state index in [4.69, 9.17) is 0 Å². The molecule has 1 atom stereocenters. The summed E-state index contributed by atoms with van der Waals surface area (Å²) in [5, 5.41) is 3.52. The lowest BCUT2D eigenvalue weighted by molar-refractivity contribution is 0.252. The van der Waals surface area contributed by atoms with Crippen molar-refractivity contribution >= 4 is 0 Å². The molecule has 1 heterocycles. The van der Waals surface area contributed by atoms with Crippen LogP contribution in [0.1, 0.15) is 46.5 Å². The molecule has 0 radical (unpaired) electrons. The third-order valence-electron chi connectivity index (χ3n) is 2.78. The Morgan fingerprint density at radius 3 is 2.73 bits per heavy atom. The van der Waals surface area contributed by atoms with Gasteiger partial charge in [-0.05, 0) is 44.6 Å². The molecule has 1 N–H and O–H groups in total. The van der Waals surface area contributed by atoms with Crippen LogP contribution in [0.5, 0.6) is 0 Å². The Balaban J connectivity index is 2.38. The summed E-state index contributed by atoms with van der Waals surface area (Å²) in [6.07, 6.45) is 5.44. The van der Waals surface area contributed by atoms with Gasteiger partial charge < -0.3 is 5.32 Å². The Hall–Kier alpha value is -0.0400. The van der Waals surface area contributed by atoms with Crippen LogP contribution in [0.25, 0.3) is 0 Å². The Labute approximate surface area is 70.6 Å². The molecular formula is C10H21N. The second-order valence-corrected chi connectivity index (χ2v) is 4.66. The van der Waals surface area contributed by atoms with Gasteiger partial charge in [-0.15, -0.1) is 0 Å². The molecule has 1 fully saturated rings. The normalized spacial score (nSPS) is 32.5. The molecule has 0 spiro atoms. The molecule has 1 saturated heterocycles. The minimum atomic E-state index is 0.594. The standard InChI is InChI=1S/C10H21N/c1-9-5-7-10(2,3)6-4-8-11-9/h9,11H,4-8H2,1-3H3/t9-/m0/s1. The van der Waals surface area contributed by atoms with Crippen molar-refractivity contribution in [1.82, 2.24) is 5.32 Å². The van der Waals surface area contributed by atoms with Crippen LogP contribution in [0.4, 0.5) is 0 Å². The zero-order valence-corrected chi connectivity index (χ0v) is 8.11. The van der Waals surface area contributed by atoms with Gasteiger partial charge in [-0.1, -0.05) is 13.8 Å². The number of nitrogens with one attached hydrogen (secondary N) is 1. The molecule has 1 nitrogen and oxygen atoms in total. The maximum absolute atomic E-state index is 3.52. The van der Waals surface area contributed by atoms with Gasteiger partial charge in [-0.3, -0.25) is 0 Å². The molecule has 0 bridgehead atoms. The smallest absolute Gasteiger partial charge is 0.00389 e. The van der Waals surface area contributed by atoms with Crippen LogP contribution >= 0.6 is 0 Å². The molecule has 66 valence electrons. The van der Waals surface area contributed by atoms with Crippen molar-refractivity contribution in [2.24, 2.45) is 5.41 Å². The third kappa shape index (κ3) is 3.24. The molecule has 0 aromatic carbocycles. The van der Waals surface area contributed by atoms with Crippen LogP contribution in [0.3, 0.4) is 0 Å². The van der Waals surface area contributed by atoms with Gasteiger partial charge in [0, 0.05) is 6.04 Å². The zero-order chi connectivity index (χ0) is 8.32. The summed E-state index contributed by atoms with van der Waals surface area (Å²) in [5.41, 5.74) is 0.594. The number of hydrogen-bond donors (Lipinski definition) is 1. The summed E-state index contributed by atoms with van der Waals surface area (Å²) < 4.78 is 0. The topological polar surface area (TPSA) is 12.0 Å². The van der Waals surface area contributed by atoms with Crippen LogP contribution < -0.4 is 5.32 Å². The monoisotopic (exact) mass is 155 g/mol. The first-order chi connectivity index (χ1) is 5.10. The molecule has 1 aliphatic heterocycles. The van der Waals surface area contributed by atoms with Crippen LogP contribution in [0, 0.1) is 5.41 Å². The number of hydrogen-bond acceptors (Lipinski definition) is 1. The summed E-state index contributed by atoms with van der Waals surface area (Å²) >= 11 is 0. The minimum absolute atomic E-state index is 0.594. The highest BCUT2D eigenvalue weighted by Crippen LogP contribution is 2.29. The molecule has 1 aliphatic rings. The van der Waals surface area contributed by atoms with Gasteiger partial charge in [0.15, 0.2) is 0 Å². The molecule has 0 aliphatic carbocycles. The molecular weight excluding hydrogens is 134 g/mol. The first-order valence-corrected chi connectivity index (χ1v) is 4.83. The van der Waals surface area contributed by atoms with Crippen molar-refractivity contribution in [3.05, 3.63) is 0 Å². The van der Waals surface area contributed by atoms with Crippen molar-refractivity contribution in [3.63, 3.8) is 0 Å². The fourth-order valence-electron chi connectivity index (χ4n) is 1.75. The predicted octanol–water partition coefficient (Wildman–Crippen LogP) is 2.56. The summed E-state index contributed by atoms with van der Waals surface area (Å²) in [6, 6.07) is 0.731. The highest BCUT2D eigenvalue weighted by atomic mass is 14.9. The number of rotatable bonds is 0. The van der Waals surface area contributed by atoms with E-state index in [0.717, 1.165) is 6.04 Å². The van der Waals surface area contributed by atoms with Crippen molar-refractivity contribution in [3.8, 4) is 0 Å². The van der Waals surface area contributed by atoms with Crippen LogP contribution in [-0.2, 0) is 0 Å². The molecule has 1 heteroatoms. The van der Waals surface area contributed by atoms with E-state index < -0.39 is 0 Å². The summed E-state index contributed by atoms with van der Waals surface area (Å²) in [7, 11) is 0. The van der Waals surface area contributed by atoms with E-state index in [1.165, 1.54) is 32.2 Å². The second-order valence-electron chi connectivity index (χ2n) is 4.66. The van der Waals surface area contributed by atoms with Crippen molar-refractivity contribution in [2.45, 2.75) is 52.5 Å². The minimum Gasteiger partial charge on any atom is -0.314 e. The van der Waals surface area contributed by atoms with Gasteiger partial charge in [0.1, 0.15) is 0 Å². The van der Waals surface area contributed by atoms with E-state index in [9.17, 15) is 0 Å². The van der Waals surface area contributed by atoms with Gasteiger partial charge in [0.25, 0.3) is 0 Å². The van der Waals surface area contributed by atoms with E-state index >= 15 is 0 Å². The summed E-state index contributed by atoms with van der Waals surface area (Å²) in [6.45, 7) is 8.29. The first-order valence-electron chi connectivity index (χ1n) is 4.83. The maximum atomic E-state index is 3.52. The summed E-state index contributed by atoms with van der Waals surface area (Å²) in [4.78, 5) is 0. The predicted molar refractivity (Wildman–Crippen MR) is 49.7 cm³/mol. The van der Waals surface area contributed by atoms with Gasteiger partial charge >= 0.3 is 0 Å². The highest BCUT2D eigenvalue weighted by molar-refractivity contribution is 4.75. The lowest BCUT2D eigenvalue weighted by Gasteiger charge is -2.29. The fourth-order valence-corrected chi connectivity index (χ4v) is 1.75. The Bertz CT molecular complexity index is 118. The highest BCUT2D eigenvalue weighted by Gasteiger charge is 2.20.